The predicted octanol–water partition coefficient (Wildman–Crippen LogP) is 3.80. The minimum atomic E-state index is -0.0864. The summed E-state index contributed by atoms with van der Waals surface area (Å²) in [4.78, 5) is 16.6. The number of benzene rings is 1. The first-order valence-electron chi connectivity index (χ1n) is 5.90. The number of halogens is 2. The van der Waals surface area contributed by atoms with Gasteiger partial charge in [-0.25, -0.2) is 0 Å². The van der Waals surface area contributed by atoms with Crippen LogP contribution in [0.5, 0.6) is 0 Å². The standard InChI is InChI=1S/C14H12Cl2N2OS/c15-11-5-3-6-12(16)14(11)20-9-13(19)18-8-10-4-1-2-7-17-10/h1-7H,8-9H2,(H,18,19). The summed E-state index contributed by atoms with van der Waals surface area (Å²) in [6.07, 6.45) is 1.69. The van der Waals surface area contributed by atoms with Gasteiger partial charge in [0.1, 0.15) is 0 Å². The van der Waals surface area contributed by atoms with Crippen LogP contribution in [0.25, 0.3) is 0 Å². The second kappa shape index (κ2) is 7.53. The molecule has 20 heavy (non-hydrogen) atoms. The van der Waals surface area contributed by atoms with Gasteiger partial charge >= 0.3 is 0 Å². The lowest BCUT2D eigenvalue weighted by Gasteiger charge is -2.07. The van der Waals surface area contributed by atoms with E-state index in [2.05, 4.69) is 10.3 Å². The van der Waals surface area contributed by atoms with Gasteiger partial charge in [-0.05, 0) is 24.3 Å². The molecule has 0 aliphatic carbocycles. The van der Waals surface area contributed by atoms with Gasteiger partial charge < -0.3 is 5.32 Å². The number of pyridine rings is 1. The molecule has 0 aliphatic heterocycles. The molecule has 1 aromatic heterocycles. The minimum absolute atomic E-state index is 0.0864. The lowest BCUT2D eigenvalue weighted by molar-refractivity contribution is -0.118. The monoisotopic (exact) mass is 326 g/mol. The van der Waals surface area contributed by atoms with Gasteiger partial charge in [0.15, 0.2) is 0 Å². The first kappa shape index (κ1) is 15.2. The summed E-state index contributed by atoms with van der Waals surface area (Å²) >= 11 is 13.4. The molecular weight excluding hydrogens is 315 g/mol. The van der Waals surface area contributed by atoms with Crippen molar-refractivity contribution in [2.75, 3.05) is 5.75 Å². The molecule has 0 unspecified atom stereocenters. The first-order chi connectivity index (χ1) is 9.66. The Hall–Kier alpha value is -1.23. The van der Waals surface area contributed by atoms with Gasteiger partial charge in [0.25, 0.3) is 0 Å². The van der Waals surface area contributed by atoms with Crippen molar-refractivity contribution >= 4 is 40.9 Å². The van der Waals surface area contributed by atoms with E-state index < -0.39 is 0 Å². The van der Waals surface area contributed by atoms with E-state index >= 15 is 0 Å². The number of aromatic nitrogens is 1. The van der Waals surface area contributed by atoms with E-state index in [1.165, 1.54) is 11.8 Å². The Labute approximate surface area is 131 Å². The average Bonchev–Trinajstić information content (AvgIpc) is 2.46. The molecule has 2 aromatic rings. The van der Waals surface area contributed by atoms with Crippen molar-refractivity contribution in [1.82, 2.24) is 10.3 Å². The summed E-state index contributed by atoms with van der Waals surface area (Å²) in [5, 5.41) is 3.91. The Morgan fingerprint density at radius 1 is 1.15 bits per heavy atom. The predicted molar refractivity (Wildman–Crippen MR) is 83.3 cm³/mol. The van der Waals surface area contributed by atoms with Crippen molar-refractivity contribution in [2.45, 2.75) is 11.4 Å². The largest absolute Gasteiger partial charge is 0.350 e. The Morgan fingerprint density at radius 2 is 1.90 bits per heavy atom. The smallest absolute Gasteiger partial charge is 0.230 e. The molecule has 0 atom stereocenters. The number of carbonyl (C=O) groups is 1. The molecule has 0 spiro atoms. The van der Waals surface area contributed by atoms with E-state index in [9.17, 15) is 4.79 Å². The fourth-order valence-corrected chi connectivity index (χ4v) is 3.02. The van der Waals surface area contributed by atoms with Gasteiger partial charge in [-0.15, -0.1) is 11.8 Å². The molecule has 0 aliphatic rings. The zero-order valence-electron chi connectivity index (χ0n) is 10.5. The SMILES string of the molecule is O=C(CSc1c(Cl)cccc1Cl)NCc1ccccn1. The second-order valence-corrected chi connectivity index (χ2v) is 5.74. The quantitative estimate of drug-likeness (QED) is 0.850. The molecule has 3 nitrogen and oxygen atoms in total. The summed E-state index contributed by atoms with van der Waals surface area (Å²) in [7, 11) is 0. The number of nitrogens with zero attached hydrogens (tertiary/aromatic N) is 1. The van der Waals surface area contributed by atoms with E-state index in [4.69, 9.17) is 23.2 Å². The lowest BCUT2D eigenvalue weighted by atomic mass is 10.3. The third kappa shape index (κ3) is 4.40. The third-order valence-corrected chi connectivity index (χ3v) is 4.45. The summed E-state index contributed by atoms with van der Waals surface area (Å²) in [6.45, 7) is 0.413. The zero-order chi connectivity index (χ0) is 14.4. The first-order valence-corrected chi connectivity index (χ1v) is 7.64. The highest BCUT2D eigenvalue weighted by atomic mass is 35.5. The molecule has 1 amide bonds. The number of nitrogens with one attached hydrogen (secondary N) is 1. The normalized spacial score (nSPS) is 10.3. The van der Waals surface area contributed by atoms with Crippen LogP contribution >= 0.6 is 35.0 Å². The lowest BCUT2D eigenvalue weighted by Crippen LogP contribution is -2.24. The van der Waals surface area contributed by atoms with Crippen LogP contribution in [0, 0.1) is 0 Å². The molecule has 1 aromatic carbocycles. The van der Waals surface area contributed by atoms with E-state index in [1.54, 1.807) is 24.4 Å². The molecule has 1 N–H and O–H groups in total. The maximum atomic E-state index is 11.8. The molecule has 6 heteroatoms. The van der Waals surface area contributed by atoms with Crippen molar-refractivity contribution < 1.29 is 4.79 Å². The molecule has 0 saturated heterocycles. The van der Waals surface area contributed by atoms with E-state index in [0.717, 1.165) is 10.6 Å². The second-order valence-electron chi connectivity index (χ2n) is 3.94. The van der Waals surface area contributed by atoms with Crippen LogP contribution in [0.2, 0.25) is 10.0 Å². The van der Waals surface area contributed by atoms with E-state index in [1.807, 2.05) is 18.2 Å². The topological polar surface area (TPSA) is 42.0 Å². The fourth-order valence-electron chi connectivity index (χ4n) is 1.50. The summed E-state index contributed by atoms with van der Waals surface area (Å²) < 4.78 is 0. The highest BCUT2D eigenvalue weighted by molar-refractivity contribution is 8.00. The van der Waals surface area contributed by atoms with E-state index in [0.29, 0.717) is 16.6 Å². The maximum Gasteiger partial charge on any atom is 0.230 e. The summed E-state index contributed by atoms with van der Waals surface area (Å²) in [5.41, 5.74) is 0.821. The molecular formula is C14H12Cl2N2OS. The van der Waals surface area contributed by atoms with E-state index in [-0.39, 0.29) is 11.7 Å². The molecule has 0 radical (unpaired) electrons. The number of thioether (sulfide) groups is 1. The Balaban J connectivity index is 1.84. The van der Waals surface area contributed by atoms with Gasteiger partial charge in [-0.3, -0.25) is 9.78 Å². The molecule has 0 fully saturated rings. The zero-order valence-corrected chi connectivity index (χ0v) is 12.8. The van der Waals surface area contributed by atoms with Crippen LogP contribution in [-0.4, -0.2) is 16.6 Å². The number of amides is 1. The van der Waals surface area contributed by atoms with Crippen molar-refractivity contribution in [3.63, 3.8) is 0 Å². The number of rotatable bonds is 5. The Morgan fingerprint density at radius 3 is 2.55 bits per heavy atom. The Bertz CT molecular complexity index is 573. The molecule has 0 saturated carbocycles. The van der Waals surface area contributed by atoms with Crippen molar-refractivity contribution in [2.24, 2.45) is 0 Å². The van der Waals surface area contributed by atoms with Crippen LogP contribution < -0.4 is 5.32 Å². The third-order valence-electron chi connectivity index (χ3n) is 2.46. The van der Waals surface area contributed by atoms with Crippen LogP contribution in [-0.2, 0) is 11.3 Å². The number of carbonyl (C=O) groups excluding carboxylic acids is 1. The van der Waals surface area contributed by atoms with Gasteiger partial charge in [-0.2, -0.15) is 0 Å². The fraction of sp³-hybridized carbons (Fsp3) is 0.143. The van der Waals surface area contributed by atoms with Crippen LogP contribution in [0.3, 0.4) is 0 Å². The molecule has 0 bridgehead atoms. The molecule has 1 heterocycles. The highest BCUT2D eigenvalue weighted by Gasteiger charge is 2.09. The molecule has 104 valence electrons. The van der Waals surface area contributed by atoms with Gasteiger partial charge in [-0.1, -0.05) is 35.3 Å². The van der Waals surface area contributed by atoms with Crippen molar-refractivity contribution in [3.8, 4) is 0 Å². The van der Waals surface area contributed by atoms with Gasteiger partial charge in [0.05, 0.1) is 28.0 Å². The summed E-state index contributed by atoms with van der Waals surface area (Å²) in [6, 6.07) is 10.9. The van der Waals surface area contributed by atoms with Crippen LogP contribution in [0.4, 0.5) is 0 Å². The average molecular weight is 327 g/mol. The van der Waals surface area contributed by atoms with Crippen LogP contribution in [0.15, 0.2) is 47.5 Å². The summed E-state index contributed by atoms with van der Waals surface area (Å²) in [5.74, 6) is 0.174. The molecule has 2 rings (SSSR count). The minimum Gasteiger partial charge on any atom is -0.350 e. The highest BCUT2D eigenvalue weighted by Crippen LogP contribution is 2.33. The van der Waals surface area contributed by atoms with Gasteiger partial charge in [0.2, 0.25) is 5.91 Å². The van der Waals surface area contributed by atoms with Gasteiger partial charge in [0, 0.05) is 11.1 Å². The number of hydrogen-bond donors (Lipinski definition) is 1. The van der Waals surface area contributed by atoms with Crippen molar-refractivity contribution in [3.05, 3.63) is 58.3 Å². The van der Waals surface area contributed by atoms with Crippen LogP contribution in [0.1, 0.15) is 5.69 Å². The maximum absolute atomic E-state index is 11.8. The Kier molecular flexibility index (Phi) is 5.71. The van der Waals surface area contributed by atoms with Crippen molar-refractivity contribution in [1.29, 1.82) is 0 Å². The number of hydrogen-bond acceptors (Lipinski definition) is 3.